The zero-order valence-electron chi connectivity index (χ0n) is 29.2. The van der Waals surface area contributed by atoms with Crippen molar-refractivity contribution in [2.24, 2.45) is 25.9 Å². The standard InChI is InChI=1S/C41H42N8O2/c1-26-9-15-37(50-26)44-35-23-29(48-17-5-3-6-18-48)11-13-31(35)33-21-28-22-34(47-41-39(28)40(46-33)42-25-43-41)32-14-12-30(49-19-7-4-8-20-49)24-36(32)45-38-16-10-27(2)51-38/h9-16,21-25,39,44-45H,3-8,17-20H2,1-2H3. The monoisotopic (exact) mass is 678 g/mol. The SMILES string of the molecule is Cc1ccc(Nc2cc(N3CCCCC3)ccc2C2=CC3=CC(c4ccc(N5CCCCC5)cc4Nc4ccc(C)o4)=NC4=NC=NC(=N2)C34)o1. The maximum absolute atomic E-state index is 5.97. The summed E-state index contributed by atoms with van der Waals surface area (Å²) in [5.41, 5.74) is 8.92. The van der Waals surface area contributed by atoms with E-state index in [0.717, 1.165) is 77.2 Å². The average Bonchev–Trinajstić information content (AvgIpc) is 3.78. The third-order valence-electron chi connectivity index (χ3n) is 10.3. The van der Waals surface area contributed by atoms with E-state index in [1.165, 1.54) is 49.9 Å². The third-order valence-corrected chi connectivity index (χ3v) is 10.3. The number of piperidine rings is 2. The summed E-state index contributed by atoms with van der Waals surface area (Å²) in [5, 5.41) is 7.13. The number of hydrogen-bond donors (Lipinski definition) is 2. The van der Waals surface area contributed by atoms with Crippen LogP contribution in [0, 0.1) is 19.8 Å². The van der Waals surface area contributed by atoms with E-state index in [0.29, 0.717) is 23.4 Å². The highest BCUT2D eigenvalue weighted by atomic mass is 16.4. The first-order chi connectivity index (χ1) is 25.0. The van der Waals surface area contributed by atoms with Gasteiger partial charge in [-0.15, -0.1) is 0 Å². The fourth-order valence-electron chi connectivity index (χ4n) is 7.69. The maximum Gasteiger partial charge on any atom is 0.197 e. The van der Waals surface area contributed by atoms with Gasteiger partial charge >= 0.3 is 0 Å². The second kappa shape index (κ2) is 13.2. The quantitative estimate of drug-likeness (QED) is 0.193. The molecule has 2 N–H and O–H groups in total. The molecule has 0 spiro atoms. The molecular weight excluding hydrogens is 637 g/mol. The molecule has 7 heterocycles. The van der Waals surface area contributed by atoms with Gasteiger partial charge in [-0.05, 0) is 119 Å². The molecule has 51 heavy (non-hydrogen) atoms. The number of aliphatic imine (C=N–C) groups is 4. The van der Waals surface area contributed by atoms with Crippen LogP contribution in [0.2, 0.25) is 0 Å². The highest BCUT2D eigenvalue weighted by molar-refractivity contribution is 6.27. The van der Waals surface area contributed by atoms with Crippen LogP contribution >= 0.6 is 0 Å². The molecule has 5 aliphatic rings. The first kappa shape index (κ1) is 31.3. The van der Waals surface area contributed by atoms with E-state index in [4.69, 9.17) is 18.8 Å². The molecule has 9 rings (SSSR count). The van der Waals surface area contributed by atoms with Crippen LogP contribution in [0.1, 0.15) is 61.2 Å². The summed E-state index contributed by atoms with van der Waals surface area (Å²) in [7, 11) is 0. The minimum Gasteiger partial charge on any atom is -0.446 e. The molecule has 0 saturated carbocycles. The molecule has 258 valence electrons. The lowest BCUT2D eigenvalue weighted by atomic mass is 9.86. The molecule has 2 aromatic carbocycles. The van der Waals surface area contributed by atoms with Crippen LogP contribution in [-0.4, -0.2) is 49.9 Å². The zero-order chi connectivity index (χ0) is 34.3. The van der Waals surface area contributed by atoms with Crippen molar-refractivity contribution in [2.75, 3.05) is 46.6 Å². The van der Waals surface area contributed by atoms with Crippen LogP contribution in [0.3, 0.4) is 0 Å². The van der Waals surface area contributed by atoms with Crippen LogP contribution in [0.15, 0.2) is 107 Å². The number of hydrogen-bond acceptors (Lipinski definition) is 10. The number of nitrogens with zero attached hydrogens (tertiary/aromatic N) is 6. The van der Waals surface area contributed by atoms with Gasteiger partial charge in [0.2, 0.25) is 0 Å². The number of allylic oxidation sites excluding steroid dienone is 2. The Kier molecular flexibility index (Phi) is 8.14. The van der Waals surface area contributed by atoms with Crippen molar-refractivity contribution in [1.29, 1.82) is 0 Å². The minimum absolute atomic E-state index is 0.226. The number of rotatable bonds is 8. The highest BCUT2D eigenvalue weighted by Gasteiger charge is 2.35. The third kappa shape index (κ3) is 6.30. The summed E-state index contributed by atoms with van der Waals surface area (Å²) in [6.07, 6.45) is 13.3. The van der Waals surface area contributed by atoms with Crippen molar-refractivity contribution in [3.8, 4) is 0 Å². The molecule has 1 unspecified atom stereocenters. The summed E-state index contributed by atoms with van der Waals surface area (Å²) in [4.78, 5) is 24.5. The number of aryl methyl sites for hydroxylation is 2. The Morgan fingerprint density at radius 3 is 1.80 bits per heavy atom. The van der Waals surface area contributed by atoms with E-state index in [9.17, 15) is 0 Å². The second-order valence-electron chi connectivity index (χ2n) is 13.9. The van der Waals surface area contributed by atoms with Crippen LogP contribution in [-0.2, 0) is 0 Å². The normalized spacial score (nSPS) is 19.8. The molecule has 2 aromatic heterocycles. The molecule has 1 atom stereocenters. The largest absolute Gasteiger partial charge is 0.446 e. The number of benzene rings is 2. The number of dihydropyridines is 1. The maximum atomic E-state index is 5.97. The predicted molar refractivity (Wildman–Crippen MR) is 208 cm³/mol. The molecule has 2 saturated heterocycles. The first-order valence-corrected chi connectivity index (χ1v) is 18.2. The van der Waals surface area contributed by atoms with E-state index >= 15 is 0 Å². The molecule has 5 aliphatic heterocycles. The number of anilines is 6. The Balaban J connectivity index is 1.12. The van der Waals surface area contributed by atoms with Crippen LogP contribution in [0.25, 0.3) is 5.70 Å². The van der Waals surface area contributed by atoms with Gasteiger partial charge in [-0.1, -0.05) is 0 Å². The second-order valence-corrected chi connectivity index (χ2v) is 13.9. The molecule has 2 fully saturated rings. The summed E-state index contributed by atoms with van der Waals surface area (Å²) < 4.78 is 11.9. The minimum atomic E-state index is -0.226. The van der Waals surface area contributed by atoms with Crippen molar-refractivity contribution in [2.45, 2.75) is 52.4 Å². The lowest BCUT2D eigenvalue weighted by molar-refractivity contribution is 0.550. The first-order valence-electron chi connectivity index (χ1n) is 18.2. The molecule has 0 bridgehead atoms. The predicted octanol–water partition coefficient (Wildman–Crippen LogP) is 9.20. The zero-order valence-corrected chi connectivity index (χ0v) is 29.2. The average molecular weight is 679 g/mol. The van der Waals surface area contributed by atoms with E-state index in [-0.39, 0.29) is 5.92 Å². The number of furan rings is 2. The van der Waals surface area contributed by atoms with Gasteiger partial charge < -0.3 is 29.3 Å². The van der Waals surface area contributed by atoms with Crippen molar-refractivity contribution in [3.63, 3.8) is 0 Å². The van der Waals surface area contributed by atoms with Crippen LogP contribution < -0.4 is 20.4 Å². The lowest BCUT2D eigenvalue weighted by Crippen LogP contribution is -2.32. The van der Waals surface area contributed by atoms with Gasteiger partial charge in [0.15, 0.2) is 11.8 Å². The van der Waals surface area contributed by atoms with Crippen molar-refractivity contribution < 1.29 is 8.83 Å². The van der Waals surface area contributed by atoms with Gasteiger partial charge in [-0.2, -0.15) is 0 Å². The molecule has 10 heteroatoms. The summed E-state index contributed by atoms with van der Waals surface area (Å²) in [6, 6.07) is 21.1. The Labute approximate surface area is 298 Å². The summed E-state index contributed by atoms with van der Waals surface area (Å²) in [5.74, 6) is 4.26. The summed E-state index contributed by atoms with van der Waals surface area (Å²) in [6.45, 7) is 8.16. The van der Waals surface area contributed by atoms with Gasteiger partial charge in [0.25, 0.3) is 0 Å². The molecule has 10 nitrogen and oxygen atoms in total. The van der Waals surface area contributed by atoms with E-state index in [1.807, 2.05) is 38.1 Å². The Hall–Kier alpha value is -5.64. The Morgan fingerprint density at radius 2 is 1.22 bits per heavy atom. The van der Waals surface area contributed by atoms with Gasteiger partial charge in [0, 0.05) is 60.8 Å². The fraction of sp³-hybridized carbons (Fsp3) is 0.317. The molecule has 0 amide bonds. The van der Waals surface area contributed by atoms with Crippen molar-refractivity contribution >= 4 is 63.9 Å². The fourth-order valence-corrected chi connectivity index (χ4v) is 7.69. The summed E-state index contributed by atoms with van der Waals surface area (Å²) >= 11 is 0. The van der Waals surface area contributed by atoms with Crippen LogP contribution in [0.5, 0.6) is 0 Å². The molecular formula is C41H42N8O2. The van der Waals surface area contributed by atoms with Gasteiger partial charge in [-0.3, -0.25) is 0 Å². The van der Waals surface area contributed by atoms with E-state index in [2.05, 4.69) is 79.0 Å². The van der Waals surface area contributed by atoms with Crippen molar-refractivity contribution in [1.82, 2.24) is 0 Å². The molecule has 4 aromatic rings. The number of nitrogens with one attached hydrogen (secondary N) is 2. The number of amidine groups is 2. The van der Waals surface area contributed by atoms with E-state index in [1.54, 1.807) is 6.34 Å². The Bertz CT molecular complexity index is 2060. The van der Waals surface area contributed by atoms with Gasteiger partial charge in [0.05, 0.1) is 22.8 Å². The van der Waals surface area contributed by atoms with Crippen LogP contribution in [0.4, 0.5) is 34.5 Å². The van der Waals surface area contributed by atoms with Crippen molar-refractivity contribution in [3.05, 3.63) is 101 Å². The smallest absolute Gasteiger partial charge is 0.197 e. The lowest BCUT2D eigenvalue weighted by Gasteiger charge is -2.31. The molecule has 0 aliphatic carbocycles. The highest BCUT2D eigenvalue weighted by Crippen LogP contribution is 2.40. The molecule has 0 radical (unpaired) electrons. The van der Waals surface area contributed by atoms with Gasteiger partial charge in [0.1, 0.15) is 35.4 Å². The topological polar surface area (TPSA) is 106 Å². The Morgan fingerprint density at radius 1 is 0.627 bits per heavy atom. The van der Waals surface area contributed by atoms with E-state index < -0.39 is 0 Å². The van der Waals surface area contributed by atoms with Gasteiger partial charge in [-0.25, -0.2) is 20.0 Å².